The van der Waals surface area contributed by atoms with E-state index in [1.54, 1.807) is 6.92 Å². The molecule has 0 saturated carbocycles. The molecule has 2 N–H and O–H groups in total. The number of carbonyl (C=O) groups excluding carboxylic acids is 2. The summed E-state index contributed by atoms with van der Waals surface area (Å²) in [5.41, 5.74) is 0.332. The van der Waals surface area contributed by atoms with Crippen LogP contribution in [0.2, 0.25) is 0 Å². The second-order valence-corrected chi connectivity index (χ2v) is 5.02. The second kappa shape index (κ2) is 6.46. The molecule has 0 spiro atoms. The van der Waals surface area contributed by atoms with Crippen LogP contribution in [0.5, 0.6) is 5.75 Å². The van der Waals surface area contributed by atoms with Crippen molar-refractivity contribution in [1.29, 1.82) is 0 Å². The number of hydrogen-bond donors (Lipinski definition) is 2. The molecule has 1 aromatic carbocycles. The maximum atomic E-state index is 12.3. The monoisotopic (exact) mass is 306 g/mol. The SMILES string of the molecule is CCCNC(=O)CN1C(=O)C(C)Oc2ccc(C(=O)O)cc21. The Bertz CT molecular complexity index is 614. The molecule has 0 aliphatic carbocycles. The lowest BCUT2D eigenvalue weighted by atomic mass is 10.1. The molecule has 2 amide bonds. The van der Waals surface area contributed by atoms with E-state index in [1.165, 1.54) is 23.1 Å². The van der Waals surface area contributed by atoms with Crippen LogP contribution in [-0.2, 0) is 9.59 Å². The zero-order valence-electron chi connectivity index (χ0n) is 12.5. The van der Waals surface area contributed by atoms with Gasteiger partial charge in [0, 0.05) is 6.54 Å². The minimum Gasteiger partial charge on any atom is -0.479 e. The van der Waals surface area contributed by atoms with Gasteiger partial charge in [-0.1, -0.05) is 6.92 Å². The molecule has 1 atom stereocenters. The van der Waals surface area contributed by atoms with Gasteiger partial charge in [-0.25, -0.2) is 4.79 Å². The molecule has 118 valence electrons. The third kappa shape index (κ3) is 3.19. The van der Waals surface area contributed by atoms with E-state index >= 15 is 0 Å². The summed E-state index contributed by atoms with van der Waals surface area (Å²) in [5, 5.41) is 11.8. The van der Waals surface area contributed by atoms with Gasteiger partial charge in [-0.3, -0.25) is 14.5 Å². The van der Waals surface area contributed by atoms with Gasteiger partial charge in [0.05, 0.1) is 11.3 Å². The Labute approximate surface area is 127 Å². The Balaban J connectivity index is 2.32. The summed E-state index contributed by atoms with van der Waals surface area (Å²) in [6.45, 7) is 3.88. The smallest absolute Gasteiger partial charge is 0.335 e. The van der Waals surface area contributed by atoms with E-state index in [0.717, 1.165) is 6.42 Å². The molecule has 1 unspecified atom stereocenters. The number of amides is 2. The Hall–Kier alpha value is -2.57. The largest absolute Gasteiger partial charge is 0.479 e. The first-order valence-corrected chi connectivity index (χ1v) is 7.06. The molecule has 1 aliphatic rings. The molecular weight excluding hydrogens is 288 g/mol. The van der Waals surface area contributed by atoms with Crippen LogP contribution in [0.1, 0.15) is 30.6 Å². The fourth-order valence-electron chi connectivity index (χ4n) is 2.17. The predicted molar refractivity (Wildman–Crippen MR) is 79.1 cm³/mol. The zero-order chi connectivity index (χ0) is 16.3. The van der Waals surface area contributed by atoms with Gasteiger partial charge in [0.1, 0.15) is 12.3 Å². The number of nitrogens with one attached hydrogen (secondary N) is 1. The van der Waals surface area contributed by atoms with Gasteiger partial charge in [0.15, 0.2) is 6.10 Å². The summed E-state index contributed by atoms with van der Waals surface area (Å²) in [6, 6.07) is 4.24. The maximum Gasteiger partial charge on any atom is 0.335 e. The lowest BCUT2D eigenvalue weighted by Gasteiger charge is -2.32. The number of carboxylic acid groups (broad SMARTS) is 1. The molecule has 0 bridgehead atoms. The van der Waals surface area contributed by atoms with Crippen molar-refractivity contribution in [2.45, 2.75) is 26.4 Å². The van der Waals surface area contributed by atoms with Crippen LogP contribution in [0.3, 0.4) is 0 Å². The van der Waals surface area contributed by atoms with E-state index in [2.05, 4.69) is 5.32 Å². The van der Waals surface area contributed by atoms with Crippen LogP contribution in [0, 0.1) is 0 Å². The van der Waals surface area contributed by atoms with Gasteiger partial charge in [0.25, 0.3) is 5.91 Å². The first-order chi connectivity index (χ1) is 10.4. The fraction of sp³-hybridized carbons (Fsp3) is 0.400. The molecular formula is C15H18N2O5. The molecule has 1 aliphatic heterocycles. The number of fused-ring (bicyclic) bond motifs is 1. The second-order valence-electron chi connectivity index (χ2n) is 5.02. The fourth-order valence-corrected chi connectivity index (χ4v) is 2.17. The Kier molecular flexibility index (Phi) is 4.65. The standard InChI is InChI=1S/C15H18N2O5/c1-3-6-16-13(18)8-17-11-7-10(15(20)21)4-5-12(11)22-9(2)14(17)19/h4-5,7,9H,3,6,8H2,1-2H3,(H,16,18)(H,20,21). The van der Waals surface area contributed by atoms with Crippen LogP contribution < -0.4 is 15.0 Å². The van der Waals surface area contributed by atoms with Crippen LogP contribution in [0.15, 0.2) is 18.2 Å². The van der Waals surface area contributed by atoms with Crippen molar-refractivity contribution in [2.75, 3.05) is 18.0 Å². The van der Waals surface area contributed by atoms with Gasteiger partial charge in [-0.15, -0.1) is 0 Å². The number of rotatable bonds is 5. The molecule has 7 nitrogen and oxygen atoms in total. The van der Waals surface area contributed by atoms with E-state index in [4.69, 9.17) is 9.84 Å². The predicted octanol–water partition coefficient (Wildman–Crippen LogP) is 1.02. The van der Waals surface area contributed by atoms with Gasteiger partial charge in [0.2, 0.25) is 5.91 Å². The van der Waals surface area contributed by atoms with Crippen molar-refractivity contribution in [3.05, 3.63) is 23.8 Å². The van der Waals surface area contributed by atoms with Gasteiger partial charge < -0.3 is 15.2 Å². The topological polar surface area (TPSA) is 95.9 Å². The number of hydrogen-bond acceptors (Lipinski definition) is 4. The van der Waals surface area contributed by atoms with E-state index in [0.29, 0.717) is 18.0 Å². The van der Waals surface area contributed by atoms with Crippen LogP contribution in [0.25, 0.3) is 0 Å². The highest BCUT2D eigenvalue weighted by molar-refractivity contribution is 6.04. The number of benzene rings is 1. The highest BCUT2D eigenvalue weighted by Crippen LogP contribution is 2.34. The van der Waals surface area contributed by atoms with Crippen LogP contribution in [-0.4, -0.2) is 42.1 Å². The highest BCUT2D eigenvalue weighted by Gasteiger charge is 2.33. The minimum absolute atomic E-state index is 0.0312. The quantitative estimate of drug-likeness (QED) is 0.847. The van der Waals surface area contributed by atoms with Crippen molar-refractivity contribution < 1.29 is 24.2 Å². The summed E-state index contributed by atoms with van der Waals surface area (Å²) in [4.78, 5) is 36.5. The van der Waals surface area contributed by atoms with Crippen LogP contribution in [0.4, 0.5) is 5.69 Å². The van der Waals surface area contributed by atoms with Crippen molar-refractivity contribution in [3.63, 3.8) is 0 Å². The molecule has 0 aromatic heterocycles. The summed E-state index contributed by atoms with van der Waals surface area (Å²) < 4.78 is 5.46. The van der Waals surface area contributed by atoms with E-state index in [-0.39, 0.29) is 23.9 Å². The minimum atomic E-state index is -1.11. The van der Waals surface area contributed by atoms with Crippen molar-refractivity contribution in [1.82, 2.24) is 5.32 Å². The Morgan fingerprint density at radius 2 is 2.14 bits per heavy atom. The molecule has 1 aromatic rings. The summed E-state index contributed by atoms with van der Waals surface area (Å²) >= 11 is 0. The van der Waals surface area contributed by atoms with E-state index < -0.39 is 12.1 Å². The zero-order valence-corrected chi connectivity index (χ0v) is 12.5. The summed E-state index contributed by atoms with van der Waals surface area (Å²) in [5.74, 6) is -1.39. The number of anilines is 1. The molecule has 2 rings (SSSR count). The maximum absolute atomic E-state index is 12.3. The third-order valence-electron chi connectivity index (χ3n) is 3.29. The van der Waals surface area contributed by atoms with E-state index in [1.807, 2.05) is 6.92 Å². The number of nitrogens with zero attached hydrogens (tertiary/aromatic N) is 1. The molecule has 0 radical (unpaired) electrons. The summed E-state index contributed by atoms with van der Waals surface area (Å²) in [6.07, 6.45) is 0.0704. The van der Waals surface area contributed by atoms with Gasteiger partial charge >= 0.3 is 5.97 Å². The van der Waals surface area contributed by atoms with Crippen molar-refractivity contribution in [2.24, 2.45) is 0 Å². The van der Waals surface area contributed by atoms with Gasteiger partial charge in [-0.2, -0.15) is 0 Å². The molecule has 22 heavy (non-hydrogen) atoms. The molecule has 7 heteroatoms. The summed E-state index contributed by atoms with van der Waals surface area (Å²) in [7, 11) is 0. The van der Waals surface area contributed by atoms with Crippen LogP contribution >= 0.6 is 0 Å². The normalized spacial score (nSPS) is 16.7. The number of carboxylic acids is 1. The number of carbonyl (C=O) groups is 3. The first-order valence-electron chi connectivity index (χ1n) is 7.06. The van der Waals surface area contributed by atoms with Gasteiger partial charge in [-0.05, 0) is 31.5 Å². The van der Waals surface area contributed by atoms with Crippen molar-refractivity contribution in [3.8, 4) is 5.75 Å². The average Bonchev–Trinajstić information content (AvgIpc) is 2.49. The lowest BCUT2D eigenvalue weighted by molar-refractivity contribution is -0.128. The third-order valence-corrected chi connectivity index (χ3v) is 3.29. The average molecular weight is 306 g/mol. The number of ether oxygens (including phenoxy) is 1. The van der Waals surface area contributed by atoms with Crippen molar-refractivity contribution >= 4 is 23.5 Å². The Morgan fingerprint density at radius 3 is 2.77 bits per heavy atom. The Morgan fingerprint density at radius 1 is 1.41 bits per heavy atom. The highest BCUT2D eigenvalue weighted by atomic mass is 16.5. The van der Waals surface area contributed by atoms with E-state index in [9.17, 15) is 14.4 Å². The lowest BCUT2D eigenvalue weighted by Crippen LogP contribution is -2.49. The first kappa shape index (κ1) is 15.8. The number of aromatic carboxylic acids is 1. The molecule has 0 saturated heterocycles. The molecule has 1 heterocycles. The molecule has 0 fully saturated rings.